The normalized spacial score (nSPS) is 10.9. The molecular formula is C15H21N5O. The highest BCUT2D eigenvalue weighted by Crippen LogP contribution is 2.19. The summed E-state index contributed by atoms with van der Waals surface area (Å²) in [5, 5.41) is 13.0. The molecule has 21 heavy (non-hydrogen) atoms. The molecule has 0 bridgehead atoms. The molecular weight excluding hydrogens is 266 g/mol. The molecule has 112 valence electrons. The number of nitrogens with one attached hydrogen (secondary N) is 3. The molecule has 1 heterocycles. The van der Waals surface area contributed by atoms with Crippen molar-refractivity contribution in [3.05, 3.63) is 30.1 Å². The van der Waals surface area contributed by atoms with E-state index in [1.165, 1.54) is 0 Å². The van der Waals surface area contributed by atoms with E-state index in [0.717, 1.165) is 17.1 Å². The molecule has 3 N–H and O–H groups in total. The number of aromatic nitrogens is 3. The van der Waals surface area contributed by atoms with Gasteiger partial charge in [-0.1, -0.05) is 26.0 Å². The van der Waals surface area contributed by atoms with Crippen LogP contribution < -0.4 is 10.6 Å². The van der Waals surface area contributed by atoms with Gasteiger partial charge in [-0.3, -0.25) is 9.89 Å². The molecule has 0 aliphatic rings. The fourth-order valence-electron chi connectivity index (χ4n) is 1.91. The number of H-pyrrole nitrogens is 1. The average Bonchev–Trinajstić information content (AvgIpc) is 2.85. The van der Waals surface area contributed by atoms with E-state index in [9.17, 15) is 4.79 Å². The van der Waals surface area contributed by atoms with E-state index in [4.69, 9.17) is 0 Å². The van der Waals surface area contributed by atoms with Gasteiger partial charge in [-0.05, 0) is 19.1 Å². The first-order valence-corrected chi connectivity index (χ1v) is 7.07. The first-order valence-electron chi connectivity index (χ1n) is 7.07. The standard InChI is InChI=1S/C15H21N5O/c1-10(2)16-8-7-14(21)18-13-6-4-5-12(9-13)15-17-11(3)19-20-15/h4-6,9-10,16H,7-8H2,1-3H3,(H,18,21)(H,17,19,20). The van der Waals surface area contributed by atoms with Gasteiger partial charge in [0.1, 0.15) is 5.82 Å². The van der Waals surface area contributed by atoms with E-state index in [-0.39, 0.29) is 5.91 Å². The first kappa shape index (κ1) is 15.2. The Labute approximate surface area is 124 Å². The molecule has 0 saturated carbocycles. The predicted molar refractivity (Wildman–Crippen MR) is 82.9 cm³/mol. The summed E-state index contributed by atoms with van der Waals surface area (Å²) in [5.41, 5.74) is 1.63. The number of anilines is 1. The molecule has 6 nitrogen and oxygen atoms in total. The summed E-state index contributed by atoms with van der Waals surface area (Å²) in [7, 11) is 0. The summed E-state index contributed by atoms with van der Waals surface area (Å²) in [5.74, 6) is 1.38. The van der Waals surface area contributed by atoms with Crippen LogP contribution in [-0.2, 0) is 4.79 Å². The molecule has 2 rings (SSSR count). The van der Waals surface area contributed by atoms with E-state index in [2.05, 4.69) is 39.7 Å². The third-order valence-electron chi connectivity index (χ3n) is 2.91. The third-order valence-corrected chi connectivity index (χ3v) is 2.91. The third kappa shape index (κ3) is 4.68. The lowest BCUT2D eigenvalue weighted by Gasteiger charge is -2.09. The Kier molecular flexibility index (Phi) is 5.05. The van der Waals surface area contributed by atoms with E-state index in [0.29, 0.717) is 24.8 Å². The van der Waals surface area contributed by atoms with Crippen LogP contribution in [0, 0.1) is 6.92 Å². The zero-order valence-electron chi connectivity index (χ0n) is 12.6. The highest BCUT2D eigenvalue weighted by atomic mass is 16.1. The Morgan fingerprint density at radius 1 is 1.38 bits per heavy atom. The van der Waals surface area contributed by atoms with Crippen molar-refractivity contribution < 1.29 is 4.79 Å². The number of nitrogens with zero attached hydrogens (tertiary/aromatic N) is 2. The van der Waals surface area contributed by atoms with Gasteiger partial charge in [-0.25, -0.2) is 4.98 Å². The highest BCUT2D eigenvalue weighted by molar-refractivity contribution is 5.91. The molecule has 1 aromatic carbocycles. The smallest absolute Gasteiger partial charge is 0.225 e. The number of benzene rings is 1. The minimum Gasteiger partial charge on any atom is -0.326 e. The van der Waals surface area contributed by atoms with Crippen molar-refractivity contribution in [3.63, 3.8) is 0 Å². The Morgan fingerprint density at radius 3 is 2.86 bits per heavy atom. The molecule has 0 fully saturated rings. The molecule has 1 amide bonds. The molecule has 0 aliphatic heterocycles. The van der Waals surface area contributed by atoms with Crippen molar-refractivity contribution in [2.75, 3.05) is 11.9 Å². The van der Waals surface area contributed by atoms with Crippen LogP contribution in [0.2, 0.25) is 0 Å². The number of aryl methyl sites for hydroxylation is 1. The van der Waals surface area contributed by atoms with Gasteiger partial charge in [0.05, 0.1) is 0 Å². The monoisotopic (exact) mass is 287 g/mol. The van der Waals surface area contributed by atoms with Crippen LogP contribution in [0.1, 0.15) is 26.1 Å². The van der Waals surface area contributed by atoms with Gasteiger partial charge < -0.3 is 10.6 Å². The summed E-state index contributed by atoms with van der Waals surface area (Å²) in [6.07, 6.45) is 0.447. The van der Waals surface area contributed by atoms with E-state index in [1.54, 1.807) is 0 Å². The van der Waals surface area contributed by atoms with Crippen molar-refractivity contribution in [1.29, 1.82) is 0 Å². The quantitative estimate of drug-likeness (QED) is 0.760. The fraction of sp³-hybridized carbons (Fsp3) is 0.400. The Morgan fingerprint density at radius 2 is 2.19 bits per heavy atom. The van der Waals surface area contributed by atoms with E-state index in [1.807, 2.05) is 31.2 Å². The maximum absolute atomic E-state index is 11.9. The molecule has 0 unspecified atom stereocenters. The van der Waals surface area contributed by atoms with Crippen molar-refractivity contribution in [2.45, 2.75) is 33.2 Å². The van der Waals surface area contributed by atoms with Crippen LogP contribution in [0.25, 0.3) is 11.4 Å². The Bertz CT molecular complexity index is 606. The minimum absolute atomic E-state index is 0.00790. The van der Waals surface area contributed by atoms with Crippen LogP contribution in [0.3, 0.4) is 0 Å². The Hall–Kier alpha value is -2.21. The zero-order valence-corrected chi connectivity index (χ0v) is 12.6. The number of aromatic amines is 1. The van der Waals surface area contributed by atoms with E-state index < -0.39 is 0 Å². The molecule has 0 atom stereocenters. The number of carbonyl (C=O) groups is 1. The molecule has 0 radical (unpaired) electrons. The lowest BCUT2D eigenvalue weighted by atomic mass is 10.2. The minimum atomic E-state index is -0.00790. The summed E-state index contributed by atoms with van der Waals surface area (Å²) < 4.78 is 0. The van der Waals surface area contributed by atoms with Crippen LogP contribution >= 0.6 is 0 Å². The van der Waals surface area contributed by atoms with Crippen molar-refractivity contribution >= 4 is 11.6 Å². The van der Waals surface area contributed by atoms with Gasteiger partial charge in [0.2, 0.25) is 5.91 Å². The van der Waals surface area contributed by atoms with Crippen LogP contribution in [-0.4, -0.2) is 33.7 Å². The molecule has 0 saturated heterocycles. The second kappa shape index (κ2) is 6.99. The first-order chi connectivity index (χ1) is 10.0. The molecule has 6 heteroatoms. The summed E-state index contributed by atoms with van der Waals surface area (Å²) in [4.78, 5) is 16.1. The highest BCUT2D eigenvalue weighted by Gasteiger charge is 2.07. The number of amides is 1. The number of hydrogen-bond acceptors (Lipinski definition) is 4. The predicted octanol–water partition coefficient (Wildman–Crippen LogP) is 2.11. The van der Waals surface area contributed by atoms with Gasteiger partial charge in [-0.15, -0.1) is 0 Å². The van der Waals surface area contributed by atoms with Gasteiger partial charge in [0.15, 0.2) is 5.82 Å². The SMILES string of the molecule is Cc1nc(-c2cccc(NC(=O)CCNC(C)C)c2)n[nH]1. The maximum Gasteiger partial charge on any atom is 0.225 e. The fourth-order valence-corrected chi connectivity index (χ4v) is 1.91. The second-order valence-electron chi connectivity index (χ2n) is 5.23. The number of rotatable bonds is 6. The lowest BCUT2D eigenvalue weighted by Crippen LogP contribution is -2.27. The largest absolute Gasteiger partial charge is 0.326 e. The number of hydrogen-bond donors (Lipinski definition) is 3. The van der Waals surface area contributed by atoms with E-state index >= 15 is 0 Å². The number of carbonyl (C=O) groups excluding carboxylic acids is 1. The van der Waals surface area contributed by atoms with Gasteiger partial charge in [0.25, 0.3) is 0 Å². The molecule has 0 aliphatic carbocycles. The van der Waals surface area contributed by atoms with Crippen molar-refractivity contribution in [2.24, 2.45) is 0 Å². The van der Waals surface area contributed by atoms with Crippen LogP contribution in [0.4, 0.5) is 5.69 Å². The van der Waals surface area contributed by atoms with Gasteiger partial charge in [-0.2, -0.15) is 5.10 Å². The topological polar surface area (TPSA) is 82.7 Å². The van der Waals surface area contributed by atoms with Gasteiger partial charge in [0, 0.05) is 30.3 Å². The summed E-state index contributed by atoms with van der Waals surface area (Å²) in [6.45, 7) is 6.63. The van der Waals surface area contributed by atoms with Crippen molar-refractivity contribution in [3.8, 4) is 11.4 Å². The summed E-state index contributed by atoms with van der Waals surface area (Å²) in [6, 6.07) is 7.91. The van der Waals surface area contributed by atoms with Gasteiger partial charge >= 0.3 is 0 Å². The molecule has 2 aromatic rings. The van der Waals surface area contributed by atoms with Crippen LogP contribution in [0.15, 0.2) is 24.3 Å². The zero-order chi connectivity index (χ0) is 15.2. The second-order valence-corrected chi connectivity index (χ2v) is 5.23. The van der Waals surface area contributed by atoms with Crippen molar-refractivity contribution in [1.82, 2.24) is 20.5 Å². The summed E-state index contributed by atoms with van der Waals surface area (Å²) >= 11 is 0. The van der Waals surface area contributed by atoms with Crippen LogP contribution in [0.5, 0.6) is 0 Å². The average molecular weight is 287 g/mol. The molecule has 0 spiro atoms. The maximum atomic E-state index is 11.9. The molecule has 1 aromatic heterocycles. The lowest BCUT2D eigenvalue weighted by molar-refractivity contribution is -0.116. The Balaban J connectivity index is 1.96.